The Labute approximate surface area is 142 Å². The lowest BCUT2D eigenvalue weighted by Gasteiger charge is -2.35. The molecule has 0 saturated heterocycles. The van der Waals surface area contributed by atoms with Gasteiger partial charge in [-0.05, 0) is 51.0 Å². The fourth-order valence-corrected chi connectivity index (χ4v) is 3.71. The van der Waals surface area contributed by atoms with Crippen LogP contribution in [0.3, 0.4) is 0 Å². The average Bonchev–Trinajstić information content (AvgIpc) is 2.47. The van der Waals surface area contributed by atoms with E-state index in [-0.39, 0.29) is 5.78 Å². The Morgan fingerprint density at radius 1 is 0.727 bits per heavy atom. The molecule has 0 radical (unpaired) electrons. The van der Waals surface area contributed by atoms with Crippen LogP contribution in [0.25, 0.3) is 0 Å². The standard InChI is InChI=1S/C19H20Cl2O/c1-18(2,13-9-5-7-11-15(13)20)17(22)19(3,4)14-10-6-8-12-16(14)21/h5-12H,1-4H3. The van der Waals surface area contributed by atoms with Gasteiger partial charge >= 0.3 is 0 Å². The highest BCUT2D eigenvalue weighted by molar-refractivity contribution is 6.32. The molecule has 0 amide bonds. The van der Waals surface area contributed by atoms with Crippen molar-refractivity contribution >= 4 is 29.0 Å². The first kappa shape index (κ1) is 17.1. The Hall–Kier alpha value is -1.31. The second-order valence-corrected chi connectivity index (χ2v) is 7.35. The molecule has 0 spiro atoms. The van der Waals surface area contributed by atoms with Gasteiger partial charge in [0.25, 0.3) is 0 Å². The van der Waals surface area contributed by atoms with Crippen LogP contribution in [0.15, 0.2) is 48.5 Å². The monoisotopic (exact) mass is 334 g/mol. The van der Waals surface area contributed by atoms with Gasteiger partial charge in [-0.1, -0.05) is 59.6 Å². The smallest absolute Gasteiger partial charge is 0.152 e. The number of rotatable bonds is 4. The Kier molecular flexibility index (Phi) is 4.70. The zero-order valence-electron chi connectivity index (χ0n) is 13.3. The summed E-state index contributed by atoms with van der Waals surface area (Å²) in [5.41, 5.74) is 0.255. The van der Waals surface area contributed by atoms with Gasteiger partial charge in [-0.2, -0.15) is 0 Å². The van der Waals surface area contributed by atoms with E-state index in [1.54, 1.807) is 0 Å². The molecule has 0 bridgehead atoms. The number of benzene rings is 2. The number of ketones is 1. The Bertz CT molecular complexity index is 643. The predicted molar refractivity (Wildman–Crippen MR) is 94.0 cm³/mol. The van der Waals surface area contributed by atoms with E-state index in [4.69, 9.17) is 23.2 Å². The van der Waals surface area contributed by atoms with Gasteiger partial charge in [-0.3, -0.25) is 4.79 Å². The highest BCUT2D eigenvalue weighted by Crippen LogP contribution is 2.40. The van der Waals surface area contributed by atoms with Crippen LogP contribution in [-0.4, -0.2) is 5.78 Å². The highest BCUT2D eigenvalue weighted by atomic mass is 35.5. The first-order valence-electron chi connectivity index (χ1n) is 7.24. The molecule has 3 heteroatoms. The zero-order valence-corrected chi connectivity index (χ0v) is 14.8. The summed E-state index contributed by atoms with van der Waals surface area (Å²) in [6.45, 7) is 7.65. The minimum atomic E-state index is -0.707. The molecule has 0 atom stereocenters. The quantitative estimate of drug-likeness (QED) is 0.688. The third-order valence-electron chi connectivity index (χ3n) is 4.23. The molecule has 0 saturated carbocycles. The minimum absolute atomic E-state index is 0.0844. The van der Waals surface area contributed by atoms with Crippen molar-refractivity contribution in [1.29, 1.82) is 0 Å². The molecule has 0 fully saturated rings. The van der Waals surface area contributed by atoms with Crippen LogP contribution in [0.5, 0.6) is 0 Å². The fourth-order valence-electron chi connectivity index (χ4n) is 2.96. The second kappa shape index (κ2) is 6.06. The van der Waals surface area contributed by atoms with Crippen molar-refractivity contribution in [3.63, 3.8) is 0 Å². The maximum atomic E-state index is 13.3. The lowest BCUT2D eigenvalue weighted by molar-refractivity contribution is -0.128. The summed E-state index contributed by atoms with van der Waals surface area (Å²) in [4.78, 5) is 13.3. The normalized spacial score (nSPS) is 12.3. The number of hydrogen-bond donors (Lipinski definition) is 0. The van der Waals surface area contributed by atoms with E-state index in [2.05, 4.69) is 0 Å². The molecule has 2 rings (SSSR count). The van der Waals surface area contributed by atoms with Crippen molar-refractivity contribution in [3.8, 4) is 0 Å². The SMILES string of the molecule is CC(C)(C(=O)C(C)(C)c1ccccc1Cl)c1ccccc1Cl. The lowest BCUT2D eigenvalue weighted by atomic mass is 9.67. The summed E-state index contributed by atoms with van der Waals surface area (Å²) >= 11 is 12.6. The van der Waals surface area contributed by atoms with Gasteiger partial charge in [0, 0.05) is 10.0 Å². The Morgan fingerprint density at radius 3 is 1.36 bits per heavy atom. The van der Waals surface area contributed by atoms with Crippen molar-refractivity contribution in [2.75, 3.05) is 0 Å². The third-order valence-corrected chi connectivity index (χ3v) is 4.89. The van der Waals surface area contributed by atoms with Crippen LogP contribution in [0.1, 0.15) is 38.8 Å². The minimum Gasteiger partial charge on any atom is -0.298 e. The first-order valence-corrected chi connectivity index (χ1v) is 7.99. The maximum absolute atomic E-state index is 13.3. The maximum Gasteiger partial charge on any atom is 0.152 e. The number of hydrogen-bond acceptors (Lipinski definition) is 1. The number of carbonyl (C=O) groups is 1. The van der Waals surface area contributed by atoms with Crippen molar-refractivity contribution < 1.29 is 4.79 Å². The summed E-state index contributed by atoms with van der Waals surface area (Å²) in [6, 6.07) is 15.0. The molecule has 2 aromatic carbocycles. The number of halogens is 2. The largest absolute Gasteiger partial charge is 0.298 e. The molecule has 0 aromatic heterocycles. The molecule has 22 heavy (non-hydrogen) atoms. The van der Waals surface area contributed by atoms with Crippen LogP contribution in [0, 0.1) is 0 Å². The molecular weight excluding hydrogens is 315 g/mol. The molecule has 1 nitrogen and oxygen atoms in total. The third kappa shape index (κ3) is 2.93. The number of carbonyl (C=O) groups excluding carboxylic acids is 1. The summed E-state index contributed by atoms with van der Waals surface area (Å²) in [5, 5.41) is 1.21. The highest BCUT2D eigenvalue weighted by Gasteiger charge is 2.42. The van der Waals surface area contributed by atoms with Crippen LogP contribution in [0.4, 0.5) is 0 Å². The van der Waals surface area contributed by atoms with Gasteiger partial charge in [-0.25, -0.2) is 0 Å². The summed E-state index contributed by atoms with van der Waals surface area (Å²) < 4.78 is 0. The zero-order chi connectivity index (χ0) is 16.5. The van der Waals surface area contributed by atoms with Crippen LogP contribution in [-0.2, 0) is 15.6 Å². The summed E-state index contributed by atoms with van der Waals surface area (Å²) in [7, 11) is 0. The van der Waals surface area contributed by atoms with Crippen molar-refractivity contribution in [3.05, 3.63) is 69.7 Å². The van der Waals surface area contributed by atoms with Gasteiger partial charge in [0.1, 0.15) is 0 Å². The summed E-state index contributed by atoms with van der Waals surface area (Å²) in [5.74, 6) is 0.0844. The van der Waals surface area contributed by atoms with E-state index in [1.807, 2.05) is 76.2 Å². The van der Waals surface area contributed by atoms with E-state index >= 15 is 0 Å². The predicted octanol–water partition coefficient (Wildman–Crippen LogP) is 5.82. The molecule has 116 valence electrons. The molecular formula is C19H20Cl2O. The van der Waals surface area contributed by atoms with Gasteiger partial charge in [0.2, 0.25) is 0 Å². The molecule has 0 N–H and O–H groups in total. The van der Waals surface area contributed by atoms with E-state index < -0.39 is 10.8 Å². The van der Waals surface area contributed by atoms with E-state index in [9.17, 15) is 4.79 Å². The van der Waals surface area contributed by atoms with Crippen molar-refractivity contribution in [1.82, 2.24) is 0 Å². The Balaban J connectivity index is 2.50. The number of Topliss-reactive ketones (excluding diaryl/α,β-unsaturated/α-hetero) is 1. The van der Waals surface area contributed by atoms with Crippen LogP contribution in [0.2, 0.25) is 10.0 Å². The molecule has 0 aliphatic carbocycles. The van der Waals surface area contributed by atoms with Crippen LogP contribution >= 0.6 is 23.2 Å². The molecule has 0 unspecified atom stereocenters. The first-order chi connectivity index (χ1) is 10.2. The molecule has 0 aliphatic rings. The summed E-state index contributed by atoms with van der Waals surface area (Å²) in [6.07, 6.45) is 0. The molecule has 0 heterocycles. The van der Waals surface area contributed by atoms with E-state index in [0.29, 0.717) is 10.0 Å². The van der Waals surface area contributed by atoms with E-state index in [0.717, 1.165) is 11.1 Å². The van der Waals surface area contributed by atoms with Crippen molar-refractivity contribution in [2.45, 2.75) is 38.5 Å². The van der Waals surface area contributed by atoms with E-state index in [1.165, 1.54) is 0 Å². The second-order valence-electron chi connectivity index (χ2n) is 6.54. The molecule has 0 aliphatic heterocycles. The Morgan fingerprint density at radius 2 is 1.05 bits per heavy atom. The van der Waals surface area contributed by atoms with Crippen molar-refractivity contribution in [2.24, 2.45) is 0 Å². The topological polar surface area (TPSA) is 17.1 Å². The molecule has 2 aromatic rings. The fraction of sp³-hybridized carbons (Fsp3) is 0.316. The lowest BCUT2D eigenvalue weighted by Crippen LogP contribution is -2.43. The van der Waals surface area contributed by atoms with Gasteiger partial charge in [0.05, 0.1) is 10.8 Å². The van der Waals surface area contributed by atoms with Gasteiger partial charge < -0.3 is 0 Å². The van der Waals surface area contributed by atoms with Crippen LogP contribution < -0.4 is 0 Å². The van der Waals surface area contributed by atoms with Gasteiger partial charge in [0.15, 0.2) is 5.78 Å². The average molecular weight is 335 g/mol. The van der Waals surface area contributed by atoms with Gasteiger partial charge in [-0.15, -0.1) is 0 Å².